The zero-order valence-electron chi connectivity index (χ0n) is 14.1. The number of ketones is 2. The first-order valence-corrected chi connectivity index (χ1v) is 9.11. The predicted molar refractivity (Wildman–Crippen MR) is 90.6 cm³/mol. The molecule has 0 spiro atoms. The van der Waals surface area contributed by atoms with E-state index in [4.69, 9.17) is 0 Å². The third-order valence-electron chi connectivity index (χ3n) is 4.53. The highest BCUT2D eigenvalue weighted by Gasteiger charge is 2.24. The first-order valence-electron chi connectivity index (χ1n) is 8.13. The molecule has 1 aliphatic rings. The summed E-state index contributed by atoms with van der Waals surface area (Å²) in [7, 11) is 0. The molecular formula is C16H21N5O2S. The summed E-state index contributed by atoms with van der Waals surface area (Å²) in [5.74, 6) is 0.165. The van der Waals surface area contributed by atoms with Crippen molar-refractivity contribution < 1.29 is 9.59 Å². The van der Waals surface area contributed by atoms with Crippen LogP contribution in [0.15, 0.2) is 5.16 Å². The molecule has 0 radical (unpaired) electrons. The molecule has 0 bridgehead atoms. The van der Waals surface area contributed by atoms with Gasteiger partial charge in [-0.2, -0.15) is 0 Å². The fourth-order valence-electron chi connectivity index (χ4n) is 3.42. The van der Waals surface area contributed by atoms with E-state index in [1.807, 2.05) is 11.6 Å². The fraction of sp³-hybridized carbons (Fsp3) is 0.562. The standard InChI is InChI=1S/C16H21N5O2S/c1-9-14(11(3)22)10(2)17-15(9)13(23)8-24-16-18-19-20-21(16)12-6-4-5-7-12/h12,17H,4-8H2,1-3H3. The van der Waals surface area contributed by atoms with Gasteiger partial charge in [-0.25, -0.2) is 4.68 Å². The number of nitrogens with one attached hydrogen (secondary N) is 1. The van der Waals surface area contributed by atoms with E-state index in [0.29, 0.717) is 22.5 Å². The number of carbonyl (C=O) groups is 2. The largest absolute Gasteiger partial charge is 0.355 e. The third kappa shape index (κ3) is 3.15. The molecule has 3 rings (SSSR count). The minimum absolute atomic E-state index is 0.0295. The molecule has 0 atom stereocenters. The Morgan fingerprint density at radius 3 is 2.62 bits per heavy atom. The number of nitrogens with zero attached hydrogens (tertiary/aromatic N) is 4. The molecule has 0 unspecified atom stereocenters. The lowest BCUT2D eigenvalue weighted by Gasteiger charge is -2.10. The van der Waals surface area contributed by atoms with Gasteiger partial charge < -0.3 is 4.98 Å². The number of tetrazole rings is 1. The monoisotopic (exact) mass is 347 g/mol. The summed E-state index contributed by atoms with van der Waals surface area (Å²) in [6.07, 6.45) is 4.57. The SMILES string of the molecule is CC(=O)c1c(C)[nH]c(C(=O)CSc2nnnn2C2CCCC2)c1C. The van der Waals surface area contributed by atoms with E-state index < -0.39 is 0 Å². The minimum atomic E-state index is -0.0472. The number of aromatic nitrogens is 5. The lowest BCUT2D eigenvalue weighted by atomic mass is 10.1. The molecule has 1 fully saturated rings. The zero-order valence-corrected chi connectivity index (χ0v) is 14.9. The molecule has 2 aromatic heterocycles. The third-order valence-corrected chi connectivity index (χ3v) is 5.47. The highest BCUT2D eigenvalue weighted by molar-refractivity contribution is 7.99. The van der Waals surface area contributed by atoms with Crippen LogP contribution in [0.1, 0.15) is 70.8 Å². The van der Waals surface area contributed by atoms with Gasteiger partial charge in [0.2, 0.25) is 5.16 Å². The molecular weight excluding hydrogens is 326 g/mol. The summed E-state index contributed by atoms with van der Waals surface area (Å²) < 4.78 is 1.85. The molecule has 128 valence electrons. The van der Waals surface area contributed by atoms with Crippen molar-refractivity contribution >= 4 is 23.3 Å². The average molecular weight is 347 g/mol. The number of thioether (sulfide) groups is 1. The van der Waals surface area contributed by atoms with Gasteiger partial charge in [0, 0.05) is 11.3 Å². The van der Waals surface area contributed by atoms with E-state index in [1.165, 1.54) is 31.5 Å². The number of aryl methyl sites for hydroxylation is 1. The Labute approximate surface area is 144 Å². The minimum Gasteiger partial charge on any atom is -0.355 e. The number of hydrogen-bond acceptors (Lipinski definition) is 6. The molecule has 1 N–H and O–H groups in total. The van der Waals surface area contributed by atoms with Crippen molar-refractivity contribution in [2.24, 2.45) is 0 Å². The number of Topliss-reactive ketones (excluding diaryl/α,β-unsaturated/α-hetero) is 2. The van der Waals surface area contributed by atoms with Crippen LogP contribution in [0.2, 0.25) is 0 Å². The van der Waals surface area contributed by atoms with Crippen LogP contribution in [0.4, 0.5) is 0 Å². The number of hydrogen-bond donors (Lipinski definition) is 1. The van der Waals surface area contributed by atoms with Crippen LogP contribution in [-0.2, 0) is 0 Å². The Kier molecular flexibility index (Phi) is 4.84. The van der Waals surface area contributed by atoms with E-state index in [9.17, 15) is 9.59 Å². The Balaban J connectivity index is 1.72. The van der Waals surface area contributed by atoms with Gasteiger partial charge in [-0.05, 0) is 49.6 Å². The van der Waals surface area contributed by atoms with Gasteiger partial charge in [-0.1, -0.05) is 24.6 Å². The van der Waals surface area contributed by atoms with Gasteiger partial charge in [0.05, 0.1) is 17.5 Å². The summed E-state index contributed by atoms with van der Waals surface area (Å²) in [5.41, 5.74) is 2.58. The number of H-pyrrole nitrogens is 1. The fourth-order valence-corrected chi connectivity index (χ4v) is 4.23. The smallest absolute Gasteiger partial charge is 0.210 e. The van der Waals surface area contributed by atoms with Crippen molar-refractivity contribution in [3.63, 3.8) is 0 Å². The molecule has 0 aliphatic heterocycles. The Bertz CT molecular complexity index is 774. The number of rotatable bonds is 6. The summed E-state index contributed by atoms with van der Waals surface area (Å²) in [6, 6.07) is 0.344. The molecule has 2 aromatic rings. The molecule has 24 heavy (non-hydrogen) atoms. The van der Waals surface area contributed by atoms with Crippen molar-refractivity contribution in [1.82, 2.24) is 25.2 Å². The Morgan fingerprint density at radius 1 is 1.29 bits per heavy atom. The first-order chi connectivity index (χ1) is 11.5. The lowest BCUT2D eigenvalue weighted by Crippen LogP contribution is -2.10. The maximum Gasteiger partial charge on any atom is 0.210 e. The van der Waals surface area contributed by atoms with Gasteiger partial charge in [-0.15, -0.1) is 5.10 Å². The van der Waals surface area contributed by atoms with E-state index in [0.717, 1.165) is 24.1 Å². The average Bonchev–Trinajstić information content (AvgIpc) is 3.23. The quantitative estimate of drug-likeness (QED) is 0.638. The lowest BCUT2D eigenvalue weighted by molar-refractivity contribution is 0.101. The van der Waals surface area contributed by atoms with Crippen molar-refractivity contribution in [1.29, 1.82) is 0 Å². The maximum absolute atomic E-state index is 12.5. The summed E-state index contributed by atoms with van der Waals surface area (Å²) >= 11 is 1.35. The van der Waals surface area contributed by atoms with E-state index in [1.54, 1.807) is 6.92 Å². The normalized spacial score (nSPS) is 15.1. The topological polar surface area (TPSA) is 93.5 Å². The second-order valence-electron chi connectivity index (χ2n) is 6.24. The second-order valence-corrected chi connectivity index (χ2v) is 7.18. The molecule has 0 amide bonds. The number of aromatic amines is 1. The van der Waals surface area contributed by atoms with Crippen LogP contribution >= 0.6 is 11.8 Å². The molecule has 0 saturated heterocycles. The molecule has 0 aromatic carbocycles. The molecule has 7 nitrogen and oxygen atoms in total. The molecule has 2 heterocycles. The highest BCUT2D eigenvalue weighted by Crippen LogP contribution is 2.31. The predicted octanol–water partition coefficient (Wildman–Crippen LogP) is 2.91. The van der Waals surface area contributed by atoms with E-state index >= 15 is 0 Å². The van der Waals surface area contributed by atoms with Crippen LogP contribution in [-0.4, -0.2) is 42.5 Å². The van der Waals surface area contributed by atoms with Crippen molar-refractivity contribution in [2.45, 2.75) is 57.7 Å². The highest BCUT2D eigenvalue weighted by atomic mass is 32.2. The van der Waals surface area contributed by atoms with Crippen LogP contribution in [0.25, 0.3) is 0 Å². The second kappa shape index (κ2) is 6.88. The van der Waals surface area contributed by atoms with Gasteiger partial charge in [0.15, 0.2) is 11.6 Å². The van der Waals surface area contributed by atoms with Gasteiger partial charge in [0.1, 0.15) is 0 Å². The van der Waals surface area contributed by atoms with Crippen molar-refractivity contribution in [2.75, 3.05) is 5.75 Å². The van der Waals surface area contributed by atoms with Crippen LogP contribution in [0.5, 0.6) is 0 Å². The Morgan fingerprint density at radius 2 is 2.00 bits per heavy atom. The summed E-state index contributed by atoms with van der Waals surface area (Å²) in [6.45, 7) is 5.14. The van der Waals surface area contributed by atoms with Crippen LogP contribution in [0, 0.1) is 13.8 Å². The summed E-state index contributed by atoms with van der Waals surface area (Å²) in [4.78, 5) is 27.3. The van der Waals surface area contributed by atoms with E-state index in [-0.39, 0.29) is 17.3 Å². The van der Waals surface area contributed by atoms with Crippen molar-refractivity contribution in [3.05, 3.63) is 22.5 Å². The summed E-state index contributed by atoms with van der Waals surface area (Å²) in [5, 5.41) is 12.6. The van der Waals surface area contributed by atoms with Crippen LogP contribution in [0.3, 0.4) is 0 Å². The Hall–Kier alpha value is -1.96. The van der Waals surface area contributed by atoms with Crippen molar-refractivity contribution in [3.8, 4) is 0 Å². The maximum atomic E-state index is 12.5. The molecule has 1 saturated carbocycles. The molecule has 8 heteroatoms. The number of carbonyl (C=O) groups excluding carboxylic acids is 2. The van der Waals surface area contributed by atoms with Gasteiger partial charge >= 0.3 is 0 Å². The van der Waals surface area contributed by atoms with Gasteiger partial charge in [0.25, 0.3) is 0 Å². The van der Waals surface area contributed by atoms with E-state index in [2.05, 4.69) is 20.5 Å². The first kappa shape index (κ1) is 16.9. The van der Waals surface area contributed by atoms with Gasteiger partial charge in [-0.3, -0.25) is 9.59 Å². The van der Waals surface area contributed by atoms with Crippen LogP contribution < -0.4 is 0 Å². The molecule has 1 aliphatic carbocycles. The zero-order chi connectivity index (χ0) is 17.3.